The van der Waals surface area contributed by atoms with Crippen molar-refractivity contribution in [3.05, 3.63) is 71.2 Å². The number of H-pyrrole nitrogens is 1. The Morgan fingerprint density at radius 2 is 2.04 bits per heavy atom. The molecule has 1 aliphatic rings. The molecule has 0 atom stereocenters. The number of amides is 1. The molecule has 1 aromatic carbocycles. The predicted molar refractivity (Wildman–Crippen MR) is 91.4 cm³/mol. The number of hydrogen-bond acceptors (Lipinski definition) is 3. The lowest BCUT2D eigenvalue weighted by Crippen LogP contribution is -2.36. The maximum atomic E-state index is 12.8. The van der Waals surface area contributed by atoms with Crippen LogP contribution in [0.1, 0.15) is 27.2 Å². The fraction of sp³-hybridized carbons (Fsp3) is 0.211. The van der Waals surface area contributed by atoms with E-state index in [-0.39, 0.29) is 5.91 Å². The second-order valence-corrected chi connectivity index (χ2v) is 6.12. The van der Waals surface area contributed by atoms with E-state index >= 15 is 0 Å². The van der Waals surface area contributed by atoms with Crippen LogP contribution in [-0.4, -0.2) is 32.5 Å². The Balaban J connectivity index is 1.64. The number of carbonyl (C=O) groups is 1. The third-order valence-electron chi connectivity index (χ3n) is 4.39. The molecule has 3 heterocycles. The number of aromatic nitrogens is 3. The van der Waals surface area contributed by atoms with Gasteiger partial charge in [-0.05, 0) is 18.6 Å². The van der Waals surface area contributed by atoms with Gasteiger partial charge in [-0.3, -0.25) is 14.9 Å². The number of pyridine rings is 1. The molecule has 5 heteroatoms. The fourth-order valence-corrected chi connectivity index (χ4v) is 3.16. The quantitative estimate of drug-likeness (QED) is 0.790. The van der Waals surface area contributed by atoms with Crippen LogP contribution in [0, 0.1) is 6.92 Å². The molecule has 1 amide bonds. The van der Waals surface area contributed by atoms with Crippen LogP contribution in [0.2, 0.25) is 0 Å². The summed E-state index contributed by atoms with van der Waals surface area (Å²) in [5, 5.41) is 7.61. The first-order chi connectivity index (χ1) is 11.7. The lowest BCUT2D eigenvalue weighted by Gasteiger charge is -2.27. The summed E-state index contributed by atoms with van der Waals surface area (Å²) in [5.74, 6) is 0.0251. The topological polar surface area (TPSA) is 61.9 Å². The van der Waals surface area contributed by atoms with Gasteiger partial charge in [0.25, 0.3) is 5.91 Å². The van der Waals surface area contributed by atoms with Crippen molar-refractivity contribution in [2.45, 2.75) is 19.9 Å². The number of benzene rings is 1. The van der Waals surface area contributed by atoms with Gasteiger partial charge >= 0.3 is 0 Å². The van der Waals surface area contributed by atoms with E-state index in [1.807, 2.05) is 48.2 Å². The smallest absolute Gasteiger partial charge is 0.255 e. The summed E-state index contributed by atoms with van der Waals surface area (Å²) in [7, 11) is 0. The minimum atomic E-state index is 0.0251. The van der Waals surface area contributed by atoms with Gasteiger partial charge < -0.3 is 4.90 Å². The van der Waals surface area contributed by atoms with Crippen LogP contribution in [0.3, 0.4) is 0 Å². The predicted octanol–water partition coefficient (Wildman–Crippen LogP) is 2.98. The van der Waals surface area contributed by atoms with Crippen LogP contribution in [0.4, 0.5) is 0 Å². The number of aryl methyl sites for hydroxylation is 1. The van der Waals surface area contributed by atoms with E-state index in [0.717, 1.165) is 34.5 Å². The Morgan fingerprint density at radius 1 is 1.21 bits per heavy atom. The van der Waals surface area contributed by atoms with E-state index < -0.39 is 0 Å². The summed E-state index contributed by atoms with van der Waals surface area (Å²) in [6.07, 6.45) is 4.19. The summed E-state index contributed by atoms with van der Waals surface area (Å²) in [6, 6.07) is 12.0. The Hall–Kier alpha value is -2.95. The third kappa shape index (κ3) is 2.58. The average Bonchev–Trinajstić information content (AvgIpc) is 3.05. The summed E-state index contributed by atoms with van der Waals surface area (Å²) < 4.78 is 0. The second kappa shape index (κ2) is 5.92. The molecule has 0 unspecified atom stereocenters. The van der Waals surface area contributed by atoms with E-state index in [1.54, 1.807) is 12.4 Å². The molecule has 4 rings (SSSR count). The molecule has 0 spiro atoms. The zero-order valence-electron chi connectivity index (χ0n) is 13.5. The Bertz CT molecular complexity index is 885. The minimum absolute atomic E-state index is 0.0251. The zero-order valence-corrected chi connectivity index (χ0v) is 13.5. The molecule has 0 aliphatic carbocycles. The van der Waals surface area contributed by atoms with Crippen LogP contribution in [0.25, 0.3) is 11.3 Å². The van der Waals surface area contributed by atoms with Crippen LogP contribution in [0.15, 0.2) is 48.8 Å². The van der Waals surface area contributed by atoms with Crippen molar-refractivity contribution >= 4 is 5.91 Å². The van der Waals surface area contributed by atoms with Gasteiger partial charge in [-0.1, -0.05) is 30.3 Å². The summed E-state index contributed by atoms with van der Waals surface area (Å²) in [4.78, 5) is 18.8. The zero-order chi connectivity index (χ0) is 16.5. The van der Waals surface area contributed by atoms with E-state index in [0.29, 0.717) is 18.7 Å². The van der Waals surface area contributed by atoms with Crippen LogP contribution in [-0.2, 0) is 13.0 Å². The average molecular weight is 318 g/mol. The second-order valence-electron chi connectivity index (χ2n) is 6.12. The first kappa shape index (κ1) is 14.6. The van der Waals surface area contributed by atoms with Crippen molar-refractivity contribution in [3.63, 3.8) is 0 Å². The van der Waals surface area contributed by atoms with E-state index in [4.69, 9.17) is 0 Å². The molecule has 2 aromatic heterocycles. The Kier molecular flexibility index (Phi) is 3.61. The van der Waals surface area contributed by atoms with E-state index in [2.05, 4.69) is 15.2 Å². The highest BCUT2D eigenvalue weighted by atomic mass is 16.2. The maximum absolute atomic E-state index is 12.8. The van der Waals surface area contributed by atoms with Crippen LogP contribution >= 0.6 is 0 Å². The van der Waals surface area contributed by atoms with E-state index in [1.165, 1.54) is 0 Å². The Morgan fingerprint density at radius 3 is 2.83 bits per heavy atom. The van der Waals surface area contributed by atoms with Crippen LogP contribution in [0.5, 0.6) is 0 Å². The summed E-state index contributed by atoms with van der Waals surface area (Å²) in [5.41, 5.74) is 5.88. The highest BCUT2D eigenvalue weighted by Crippen LogP contribution is 2.28. The maximum Gasteiger partial charge on any atom is 0.255 e. The standard InChI is InChI=1S/C19H18N4O/c1-13-9-15(11-20-10-13)19(24)23-8-7-17-16(12-23)18(22-21-17)14-5-3-2-4-6-14/h2-6,9-11H,7-8,12H2,1H3,(H,21,22). The SMILES string of the molecule is Cc1cncc(C(=O)N2CCc3[nH]nc(-c4ccccc4)c3C2)c1. The molecular weight excluding hydrogens is 300 g/mol. The molecule has 24 heavy (non-hydrogen) atoms. The van der Waals surface area contributed by atoms with Crippen molar-refractivity contribution in [1.82, 2.24) is 20.1 Å². The van der Waals surface area contributed by atoms with Crippen molar-refractivity contribution in [2.24, 2.45) is 0 Å². The van der Waals surface area contributed by atoms with Gasteiger partial charge in [0, 0.05) is 48.7 Å². The number of rotatable bonds is 2. The Labute approximate surface area is 140 Å². The normalized spacial score (nSPS) is 13.6. The number of fused-ring (bicyclic) bond motifs is 1. The fourth-order valence-electron chi connectivity index (χ4n) is 3.16. The van der Waals surface area contributed by atoms with Crippen molar-refractivity contribution < 1.29 is 4.79 Å². The number of nitrogens with zero attached hydrogens (tertiary/aromatic N) is 3. The van der Waals surface area contributed by atoms with Crippen molar-refractivity contribution in [3.8, 4) is 11.3 Å². The first-order valence-corrected chi connectivity index (χ1v) is 8.05. The van der Waals surface area contributed by atoms with Gasteiger partial charge in [0.15, 0.2) is 0 Å². The van der Waals surface area contributed by atoms with Gasteiger partial charge in [-0.15, -0.1) is 0 Å². The number of carbonyl (C=O) groups excluding carboxylic acids is 1. The lowest BCUT2D eigenvalue weighted by molar-refractivity contribution is 0.0734. The molecule has 5 nitrogen and oxygen atoms in total. The number of nitrogens with one attached hydrogen (secondary N) is 1. The third-order valence-corrected chi connectivity index (χ3v) is 4.39. The highest BCUT2D eigenvalue weighted by molar-refractivity contribution is 5.94. The largest absolute Gasteiger partial charge is 0.334 e. The van der Waals surface area contributed by atoms with Crippen molar-refractivity contribution in [2.75, 3.05) is 6.54 Å². The molecule has 0 bridgehead atoms. The molecule has 120 valence electrons. The first-order valence-electron chi connectivity index (χ1n) is 8.05. The molecule has 0 fully saturated rings. The molecule has 0 radical (unpaired) electrons. The van der Waals surface area contributed by atoms with Gasteiger partial charge in [-0.25, -0.2) is 0 Å². The van der Waals surface area contributed by atoms with Gasteiger partial charge in [0.2, 0.25) is 0 Å². The molecule has 1 aliphatic heterocycles. The molecule has 0 saturated carbocycles. The molecule has 0 saturated heterocycles. The van der Waals surface area contributed by atoms with Crippen LogP contribution < -0.4 is 0 Å². The number of aromatic amines is 1. The van der Waals surface area contributed by atoms with Gasteiger partial charge in [-0.2, -0.15) is 5.10 Å². The molecule has 1 N–H and O–H groups in total. The minimum Gasteiger partial charge on any atom is -0.334 e. The summed E-state index contributed by atoms with van der Waals surface area (Å²) in [6.45, 7) is 3.21. The van der Waals surface area contributed by atoms with Crippen molar-refractivity contribution in [1.29, 1.82) is 0 Å². The summed E-state index contributed by atoms with van der Waals surface area (Å²) >= 11 is 0. The highest BCUT2D eigenvalue weighted by Gasteiger charge is 2.26. The lowest BCUT2D eigenvalue weighted by atomic mass is 10.0. The molecule has 3 aromatic rings. The van der Waals surface area contributed by atoms with E-state index in [9.17, 15) is 4.79 Å². The van der Waals surface area contributed by atoms with Gasteiger partial charge in [0.05, 0.1) is 11.3 Å². The number of hydrogen-bond donors (Lipinski definition) is 1. The monoisotopic (exact) mass is 318 g/mol. The van der Waals surface area contributed by atoms with Gasteiger partial charge in [0.1, 0.15) is 0 Å². The molecular formula is C19H18N4O.